The lowest BCUT2D eigenvalue weighted by Gasteiger charge is -2.36. The van der Waals surface area contributed by atoms with E-state index < -0.39 is 22.8 Å². The van der Waals surface area contributed by atoms with E-state index in [4.69, 9.17) is 19.4 Å². The van der Waals surface area contributed by atoms with Crippen LogP contribution in [0.1, 0.15) is 151 Å². The first kappa shape index (κ1) is 44.6. The van der Waals surface area contributed by atoms with Gasteiger partial charge in [0.15, 0.2) is 11.6 Å². The van der Waals surface area contributed by atoms with Crippen molar-refractivity contribution in [1.29, 1.82) is 0 Å². The fraction of sp³-hybridized carbons (Fsp3) is 0.472. The molecule has 2 N–H and O–H groups in total. The minimum atomic E-state index is -0.614. The zero-order valence-electron chi connectivity index (χ0n) is 39.4. The molecular weight excluding hydrogens is 851 g/mol. The number of hydrogen-bond donors (Lipinski definition) is 2. The molecule has 4 fully saturated rings. The number of halogens is 2. The molecule has 4 saturated heterocycles. The molecule has 14 heteroatoms. The number of carbonyl (C=O) groups excluding carboxylic acids is 2. The fourth-order valence-electron chi connectivity index (χ4n) is 11.0. The average molecular weight is 913 g/mol. The van der Waals surface area contributed by atoms with Crippen molar-refractivity contribution in [2.45, 2.75) is 134 Å². The Bertz CT molecular complexity index is 2630. The molecule has 0 bridgehead atoms. The molecule has 0 radical (unpaired) electrons. The van der Waals surface area contributed by atoms with E-state index in [1.807, 2.05) is 76.8 Å². The van der Waals surface area contributed by atoms with E-state index >= 15 is 8.78 Å². The summed E-state index contributed by atoms with van der Waals surface area (Å²) >= 11 is 0. The Morgan fingerprint density at radius 2 is 1.06 bits per heavy atom. The van der Waals surface area contributed by atoms with Crippen LogP contribution in [0.15, 0.2) is 78.9 Å². The molecule has 0 unspecified atom stereocenters. The molecule has 352 valence electrons. The summed E-state index contributed by atoms with van der Waals surface area (Å²) in [5.74, 6) is 0.630. The highest BCUT2D eigenvalue weighted by Crippen LogP contribution is 2.49. The van der Waals surface area contributed by atoms with Gasteiger partial charge in [-0.15, -0.1) is 0 Å². The number of nitrogens with one attached hydrogen (secondary N) is 2. The maximum atomic E-state index is 16.7. The molecule has 4 atom stereocenters. The van der Waals surface area contributed by atoms with Crippen molar-refractivity contribution in [3.05, 3.63) is 119 Å². The van der Waals surface area contributed by atoms with Crippen LogP contribution >= 0.6 is 0 Å². The Morgan fingerprint density at radius 1 is 0.582 bits per heavy atom. The van der Waals surface area contributed by atoms with Crippen LogP contribution in [0.4, 0.5) is 29.7 Å². The van der Waals surface area contributed by atoms with Gasteiger partial charge < -0.3 is 29.2 Å². The van der Waals surface area contributed by atoms with Gasteiger partial charge in [-0.1, -0.05) is 42.5 Å². The molecular formula is C53H62F2N8O4. The first-order valence-corrected chi connectivity index (χ1v) is 24.1. The number of rotatable bonds is 7. The summed E-state index contributed by atoms with van der Waals surface area (Å²) in [7, 11) is 0. The largest absolute Gasteiger partial charge is 0.444 e. The molecule has 2 amide bonds. The van der Waals surface area contributed by atoms with E-state index in [-0.39, 0.29) is 42.0 Å². The summed E-state index contributed by atoms with van der Waals surface area (Å²) < 4.78 is 44.9. The lowest BCUT2D eigenvalue weighted by molar-refractivity contribution is 0.0208. The zero-order valence-corrected chi connectivity index (χ0v) is 39.4. The van der Waals surface area contributed by atoms with Crippen LogP contribution in [0, 0.1) is 11.6 Å². The number of benzene rings is 4. The lowest BCUT2D eigenvalue weighted by atomic mass is 9.89. The summed E-state index contributed by atoms with van der Waals surface area (Å²) in [6.07, 6.45) is 5.62. The first-order chi connectivity index (χ1) is 32.1. The van der Waals surface area contributed by atoms with Crippen molar-refractivity contribution in [1.82, 2.24) is 29.7 Å². The molecule has 67 heavy (non-hydrogen) atoms. The van der Waals surface area contributed by atoms with Gasteiger partial charge in [-0.25, -0.2) is 28.3 Å². The van der Waals surface area contributed by atoms with Gasteiger partial charge in [0, 0.05) is 31.9 Å². The zero-order chi connectivity index (χ0) is 46.8. The third-order valence-corrected chi connectivity index (χ3v) is 14.0. The van der Waals surface area contributed by atoms with Crippen LogP contribution in [-0.2, 0) is 9.47 Å². The normalized spacial score (nSPS) is 21.9. The minimum absolute atomic E-state index is 0.0278. The molecule has 12 nitrogen and oxygen atoms in total. The number of aromatic nitrogens is 4. The van der Waals surface area contributed by atoms with E-state index in [2.05, 4.69) is 51.3 Å². The number of nitrogens with zero attached hydrogens (tertiary/aromatic N) is 6. The number of likely N-dealkylation sites (tertiary alicyclic amines) is 2. The quantitative estimate of drug-likeness (QED) is 0.162. The van der Waals surface area contributed by atoms with Gasteiger partial charge in [-0.05, 0) is 152 Å². The second kappa shape index (κ2) is 17.5. The maximum absolute atomic E-state index is 16.7. The third kappa shape index (κ3) is 9.03. The van der Waals surface area contributed by atoms with Crippen LogP contribution < -0.4 is 9.80 Å². The second-order valence-electron chi connectivity index (χ2n) is 20.9. The first-order valence-electron chi connectivity index (χ1n) is 24.1. The highest BCUT2D eigenvalue weighted by atomic mass is 19.1. The summed E-state index contributed by atoms with van der Waals surface area (Å²) in [4.78, 5) is 51.0. The number of piperidine rings is 1. The number of aromatic amines is 2. The number of ether oxygens (including phenoxy) is 2. The van der Waals surface area contributed by atoms with Crippen LogP contribution in [0.5, 0.6) is 0 Å². The standard InChI is InChI=1S/C53H62F2N8O4/c1-52(2,3)66-50(64)61-24-10-14-45(61)48-56-39-18-16-34(28-41(39)58-48)43-20-21-44(35-17-19-40-42(29-35)59-49(57-40)46-15-11-25-62(46)51(65)67-53(4,5)6)63(43)36-30-37(54)47(38(55)31-36)60-26-22-33(23-27-60)32-12-8-7-9-13-32/h7-9,12-13,16-19,28-31,33,43-46H,10-11,14-15,20-27H2,1-6H3,(H,56,58)(H,57,59)/t43-,44-,45+,46+/m1/s1. The molecule has 4 aliphatic rings. The monoisotopic (exact) mass is 912 g/mol. The summed E-state index contributed by atoms with van der Waals surface area (Å²) in [6.45, 7) is 13.5. The third-order valence-electron chi connectivity index (χ3n) is 14.0. The van der Waals surface area contributed by atoms with Gasteiger partial charge in [-0.2, -0.15) is 0 Å². The topological polar surface area (TPSA) is 123 Å². The number of imidazole rings is 2. The van der Waals surface area contributed by atoms with Crippen LogP contribution in [0.3, 0.4) is 0 Å². The van der Waals surface area contributed by atoms with Gasteiger partial charge >= 0.3 is 12.2 Å². The van der Waals surface area contributed by atoms with Crippen molar-refractivity contribution in [3.63, 3.8) is 0 Å². The number of hydrogen-bond acceptors (Lipinski definition) is 8. The Labute approximate surface area is 391 Å². The van der Waals surface area contributed by atoms with Crippen LogP contribution in [-0.4, -0.2) is 79.3 Å². The van der Waals surface area contributed by atoms with E-state index in [0.29, 0.717) is 49.4 Å². The van der Waals surface area contributed by atoms with Gasteiger partial charge in [0.25, 0.3) is 0 Å². The predicted molar refractivity (Wildman–Crippen MR) is 256 cm³/mol. The number of H-pyrrole nitrogens is 2. The highest BCUT2D eigenvalue weighted by molar-refractivity contribution is 5.79. The van der Waals surface area contributed by atoms with Crippen molar-refractivity contribution in [3.8, 4) is 0 Å². The molecule has 2 aromatic heterocycles. The SMILES string of the molecule is CC(C)(C)OC(=O)N1CCC[C@H]1c1nc2ccc([C@H]3CC[C@H](c4ccc5nc([C@@H]6CCCN6C(=O)OC(C)(C)C)[nH]c5c4)N3c3cc(F)c(N4CCC(c5ccccc5)CC4)c(F)c3)cc2[nH]1. The fourth-order valence-corrected chi connectivity index (χ4v) is 11.0. The molecule has 0 aliphatic carbocycles. The number of fused-ring (bicyclic) bond motifs is 2. The molecule has 6 aromatic rings. The van der Waals surface area contributed by atoms with Crippen LogP contribution in [0.25, 0.3) is 22.1 Å². The second-order valence-corrected chi connectivity index (χ2v) is 20.9. The smallest absolute Gasteiger partial charge is 0.410 e. The summed E-state index contributed by atoms with van der Waals surface area (Å²) in [5.41, 5.74) is 5.73. The molecule has 6 heterocycles. The number of anilines is 2. The molecule has 10 rings (SSSR count). The molecule has 0 saturated carbocycles. The van der Waals surface area contributed by atoms with E-state index in [9.17, 15) is 9.59 Å². The van der Waals surface area contributed by atoms with Crippen molar-refractivity contribution in [2.75, 3.05) is 36.0 Å². The van der Waals surface area contributed by atoms with Crippen molar-refractivity contribution >= 4 is 45.6 Å². The van der Waals surface area contributed by atoms with E-state index in [1.165, 1.54) is 17.7 Å². The van der Waals surface area contributed by atoms with Gasteiger partial charge in [-0.3, -0.25) is 9.80 Å². The van der Waals surface area contributed by atoms with Gasteiger partial charge in [0.2, 0.25) is 0 Å². The average Bonchev–Trinajstić information content (AvgIpc) is 4.14. The van der Waals surface area contributed by atoms with E-state index in [1.54, 1.807) is 9.80 Å². The van der Waals surface area contributed by atoms with Crippen molar-refractivity contribution in [2.24, 2.45) is 0 Å². The Hall–Kier alpha value is -6.18. The van der Waals surface area contributed by atoms with Gasteiger partial charge in [0.05, 0.1) is 46.2 Å². The molecule has 4 aliphatic heterocycles. The highest BCUT2D eigenvalue weighted by Gasteiger charge is 2.40. The van der Waals surface area contributed by atoms with Crippen LogP contribution in [0.2, 0.25) is 0 Å². The van der Waals surface area contributed by atoms with Crippen molar-refractivity contribution < 1.29 is 27.8 Å². The summed E-state index contributed by atoms with van der Waals surface area (Å²) in [6, 6.07) is 24.8. The number of amides is 2. The molecule has 4 aromatic carbocycles. The van der Waals surface area contributed by atoms with E-state index in [0.717, 1.165) is 84.6 Å². The Morgan fingerprint density at radius 3 is 1.52 bits per heavy atom. The molecule has 0 spiro atoms. The predicted octanol–water partition coefficient (Wildman–Crippen LogP) is 12.3. The minimum Gasteiger partial charge on any atom is -0.444 e. The Balaban J connectivity index is 0.973. The van der Waals surface area contributed by atoms with Gasteiger partial charge in [0.1, 0.15) is 28.5 Å². The maximum Gasteiger partial charge on any atom is 0.410 e. The summed E-state index contributed by atoms with van der Waals surface area (Å²) in [5, 5.41) is 0. The number of carbonyl (C=O) groups is 2. The Kier molecular flexibility index (Phi) is 11.6. The lowest BCUT2D eigenvalue weighted by Crippen LogP contribution is -2.36.